The molecule has 2 unspecified atom stereocenters. The van der Waals surface area contributed by atoms with Gasteiger partial charge in [0.25, 0.3) is 0 Å². The Morgan fingerprint density at radius 1 is 1.00 bits per heavy atom. The van der Waals surface area contributed by atoms with Crippen molar-refractivity contribution in [2.45, 2.75) is 47.0 Å². The molecule has 76 valence electrons. The third kappa shape index (κ3) is 2.36. The largest absolute Gasteiger partial charge is 0.0993 e. The molecule has 1 aliphatic carbocycles. The van der Waals surface area contributed by atoms with Crippen LogP contribution in [0.1, 0.15) is 47.0 Å². The maximum absolute atomic E-state index is 4.32. The van der Waals surface area contributed by atoms with E-state index in [1.54, 1.807) is 0 Å². The summed E-state index contributed by atoms with van der Waals surface area (Å²) >= 11 is 0. The highest BCUT2D eigenvalue weighted by Gasteiger charge is 2.29. The molecule has 0 bridgehead atoms. The molecule has 0 radical (unpaired) electrons. The van der Waals surface area contributed by atoms with E-state index < -0.39 is 0 Å². The van der Waals surface area contributed by atoms with Crippen LogP contribution in [0.5, 0.6) is 0 Å². The second-order valence-corrected chi connectivity index (χ2v) is 5.21. The number of allylic oxidation sites excluding steroid dienone is 1. The Balaban J connectivity index is 2.66. The van der Waals surface area contributed by atoms with E-state index in [4.69, 9.17) is 0 Å². The van der Waals surface area contributed by atoms with Gasteiger partial charge in [-0.2, -0.15) is 0 Å². The third-order valence-electron chi connectivity index (χ3n) is 3.59. The average Bonchev–Trinajstić information content (AvgIpc) is 2.03. The molecule has 0 N–H and O–H groups in total. The van der Waals surface area contributed by atoms with E-state index in [9.17, 15) is 0 Å². The van der Waals surface area contributed by atoms with E-state index in [2.05, 4.69) is 34.3 Å². The van der Waals surface area contributed by atoms with Crippen molar-refractivity contribution in [2.75, 3.05) is 0 Å². The van der Waals surface area contributed by atoms with Crippen molar-refractivity contribution in [2.24, 2.45) is 23.7 Å². The summed E-state index contributed by atoms with van der Waals surface area (Å²) in [5.41, 5.74) is 1.54. The van der Waals surface area contributed by atoms with Crippen molar-refractivity contribution in [1.82, 2.24) is 0 Å². The second kappa shape index (κ2) is 4.30. The summed E-state index contributed by atoms with van der Waals surface area (Å²) in [4.78, 5) is 0. The monoisotopic (exact) mass is 180 g/mol. The molecule has 0 heteroatoms. The Hall–Kier alpha value is -0.260. The van der Waals surface area contributed by atoms with Crippen LogP contribution in [0, 0.1) is 23.7 Å². The summed E-state index contributed by atoms with van der Waals surface area (Å²) < 4.78 is 0. The van der Waals surface area contributed by atoms with Crippen molar-refractivity contribution in [3.8, 4) is 0 Å². The van der Waals surface area contributed by atoms with Gasteiger partial charge < -0.3 is 0 Å². The van der Waals surface area contributed by atoms with Gasteiger partial charge in [0.05, 0.1) is 0 Å². The lowest BCUT2D eigenvalue weighted by Crippen LogP contribution is -2.25. The predicted molar refractivity (Wildman–Crippen MR) is 59.6 cm³/mol. The van der Waals surface area contributed by atoms with E-state index in [0.717, 1.165) is 23.7 Å². The smallest absolute Gasteiger partial charge is 0.0180 e. The minimum absolute atomic E-state index is 0.786. The second-order valence-electron chi connectivity index (χ2n) is 5.21. The minimum Gasteiger partial charge on any atom is -0.0993 e. The topological polar surface area (TPSA) is 0 Å². The molecule has 1 aliphatic rings. The van der Waals surface area contributed by atoms with Crippen LogP contribution in [0.3, 0.4) is 0 Å². The van der Waals surface area contributed by atoms with Crippen LogP contribution in [-0.2, 0) is 0 Å². The van der Waals surface area contributed by atoms with Gasteiger partial charge in [0.15, 0.2) is 0 Å². The Kier molecular flexibility index (Phi) is 3.58. The van der Waals surface area contributed by atoms with Gasteiger partial charge in [0, 0.05) is 0 Å². The van der Waals surface area contributed by atoms with Gasteiger partial charge in [-0.3, -0.25) is 0 Å². The Morgan fingerprint density at radius 3 is 1.69 bits per heavy atom. The molecule has 0 aromatic heterocycles. The molecule has 0 aliphatic heterocycles. The molecule has 0 amide bonds. The van der Waals surface area contributed by atoms with E-state index in [1.807, 2.05) is 0 Å². The summed E-state index contributed by atoms with van der Waals surface area (Å²) in [5, 5.41) is 0. The molecule has 0 aromatic rings. The van der Waals surface area contributed by atoms with Gasteiger partial charge in [0.2, 0.25) is 0 Å². The number of hydrogen-bond acceptors (Lipinski definition) is 0. The molecule has 1 saturated carbocycles. The highest BCUT2D eigenvalue weighted by Crippen LogP contribution is 2.40. The summed E-state index contributed by atoms with van der Waals surface area (Å²) in [7, 11) is 0. The fraction of sp³-hybridized carbons (Fsp3) is 0.846. The highest BCUT2D eigenvalue weighted by molar-refractivity contribution is 5.10. The first-order valence-electron chi connectivity index (χ1n) is 5.72. The van der Waals surface area contributed by atoms with Gasteiger partial charge in [-0.25, -0.2) is 0 Å². The van der Waals surface area contributed by atoms with Crippen molar-refractivity contribution in [1.29, 1.82) is 0 Å². The van der Waals surface area contributed by atoms with E-state index in [0.29, 0.717) is 0 Å². The molecule has 1 fully saturated rings. The van der Waals surface area contributed by atoms with Gasteiger partial charge in [-0.1, -0.05) is 46.3 Å². The molecule has 13 heavy (non-hydrogen) atoms. The number of hydrogen-bond donors (Lipinski definition) is 0. The summed E-state index contributed by atoms with van der Waals surface area (Å²) in [6, 6.07) is 0. The lowest BCUT2D eigenvalue weighted by molar-refractivity contribution is 0.264. The van der Waals surface area contributed by atoms with Crippen molar-refractivity contribution in [3.63, 3.8) is 0 Å². The number of rotatable bonds is 2. The zero-order chi connectivity index (χ0) is 10.0. The van der Waals surface area contributed by atoms with Gasteiger partial charge in [0.1, 0.15) is 0 Å². The Labute approximate surface area is 83.4 Å². The Bertz CT molecular complexity index is 158. The first kappa shape index (κ1) is 10.8. The van der Waals surface area contributed by atoms with E-state index >= 15 is 0 Å². The maximum Gasteiger partial charge on any atom is -0.0180 e. The predicted octanol–water partition coefficient (Wildman–Crippen LogP) is 4.27. The molecule has 0 saturated heterocycles. The summed E-state index contributed by atoms with van der Waals surface area (Å²) in [6.45, 7) is 13.6. The lowest BCUT2D eigenvalue weighted by Gasteiger charge is -2.36. The first-order chi connectivity index (χ1) is 6.04. The van der Waals surface area contributed by atoms with Crippen LogP contribution < -0.4 is 0 Å². The first-order valence-corrected chi connectivity index (χ1v) is 5.72. The quantitative estimate of drug-likeness (QED) is 0.557. The Morgan fingerprint density at radius 2 is 1.38 bits per heavy atom. The molecule has 0 aromatic carbocycles. The van der Waals surface area contributed by atoms with Crippen LogP contribution >= 0.6 is 0 Å². The third-order valence-corrected chi connectivity index (χ3v) is 3.59. The normalized spacial score (nSPS) is 30.2. The molecular formula is C13H24. The van der Waals surface area contributed by atoms with Crippen LogP contribution in [0.15, 0.2) is 12.2 Å². The van der Waals surface area contributed by atoms with Crippen LogP contribution in [0.2, 0.25) is 0 Å². The van der Waals surface area contributed by atoms with Gasteiger partial charge >= 0.3 is 0 Å². The van der Waals surface area contributed by atoms with Crippen molar-refractivity contribution < 1.29 is 0 Å². The average molecular weight is 180 g/mol. The minimum atomic E-state index is 0.786. The van der Waals surface area contributed by atoms with Crippen molar-refractivity contribution >= 4 is 0 Å². The van der Waals surface area contributed by atoms with Gasteiger partial charge in [-0.05, 0) is 36.5 Å². The SMILES string of the molecule is C=C1C(C(C)C)CCCC1C(C)C. The zero-order valence-electron chi connectivity index (χ0n) is 9.64. The van der Waals surface area contributed by atoms with Gasteiger partial charge in [-0.15, -0.1) is 0 Å². The summed E-state index contributed by atoms with van der Waals surface area (Å²) in [6.07, 6.45) is 4.16. The molecule has 2 atom stereocenters. The van der Waals surface area contributed by atoms with Crippen LogP contribution in [-0.4, -0.2) is 0 Å². The fourth-order valence-electron chi connectivity index (χ4n) is 2.73. The van der Waals surface area contributed by atoms with E-state index in [-0.39, 0.29) is 0 Å². The molecular weight excluding hydrogens is 156 g/mol. The lowest BCUT2D eigenvalue weighted by atomic mass is 9.69. The maximum atomic E-state index is 4.32. The molecule has 0 nitrogen and oxygen atoms in total. The standard InChI is InChI=1S/C13H24/c1-9(2)12-7-6-8-13(10(3)4)11(12)5/h9-10,12-13H,5-8H2,1-4H3. The fourth-order valence-corrected chi connectivity index (χ4v) is 2.73. The van der Waals surface area contributed by atoms with Crippen LogP contribution in [0.4, 0.5) is 0 Å². The summed E-state index contributed by atoms with van der Waals surface area (Å²) in [5.74, 6) is 3.16. The molecule has 0 heterocycles. The molecule has 0 spiro atoms. The highest BCUT2D eigenvalue weighted by atomic mass is 14.3. The van der Waals surface area contributed by atoms with E-state index in [1.165, 1.54) is 24.8 Å². The molecule has 1 rings (SSSR count). The zero-order valence-corrected chi connectivity index (χ0v) is 9.64. The van der Waals surface area contributed by atoms with Crippen LogP contribution in [0.25, 0.3) is 0 Å². The van der Waals surface area contributed by atoms with Crippen molar-refractivity contribution in [3.05, 3.63) is 12.2 Å².